The topological polar surface area (TPSA) is 90.9 Å². The molecule has 0 radical (unpaired) electrons. The number of guanidine groups is 1. The Morgan fingerprint density at radius 3 is 2.58 bits per heavy atom. The number of halogens is 1. The van der Waals surface area contributed by atoms with E-state index in [1.807, 2.05) is 18.2 Å². The number of phenolic OH excluding ortho intramolecular Hbond substituents is 1. The van der Waals surface area contributed by atoms with Crippen LogP contribution in [0.3, 0.4) is 0 Å². The summed E-state index contributed by atoms with van der Waals surface area (Å²) < 4.78 is 0.658. The molecule has 2 aromatic rings. The van der Waals surface area contributed by atoms with Gasteiger partial charge in [0.15, 0.2) is 5.96 Å². The number of anilines is 1. The second-order valence-corrected chi connectivity index (χ2v) is 6.34. The number of hydrogen-bond acceptors (Lipinski definition) is 5. The van der Waals surface area contributed by atoms with Crippen molar-refractivity contribution in [3.8, 4) is 5.75 Å². The Labute approximate surface area is 149 Å². The molecule has 24 heavy (non-hydrogen) atoms. The second kappa shape index (κ2) is 7.48. The fourth-order valence-electron chi connectivity index (χ4n) is 2.51. The number of nitrogens with two attached hydrogens (primary N) is 1. The Bertz CT molecular complexity index is 716. The number of piperazine rings is 1. The molecule has 1 aliphatic rings. The Morgan fingerprint density at radius 1 is 1.21 bits per heavy atom. The molecule has 1 fully saturated rings. The van der Waals surface area contributed by atoms with Crippen LogP contribution in [0.4, 0.5) is 5.95 Å². The van der Waals surface area contributed by atoms with Crippen LogP contribution in [-0.2, 0) is 6.54 Å². The number of benzene rings is 1. The minimum Gasteiger partial charge on any atom is -0.507 e. The van der Waals surface area contributed by atoms with Crippen molar-refractivity contribution >= 4 is 27.8 Å². The van der Waals surface area contributed by atoms with Gasteiger partial charge in [0.2, 0.25) is 5.95 Å². The zero-order valence-electron chi connectivity index (χ0n) is 13.1. The van der Waals surface area contributed by atoms with Crippen LogP contribution in [0.5, 0.6) is 5.75 Å². The SMILES string of the molecule is NC(=NCc1ccc(O)c(Br)c1)N1CCN(c2ncccn2)CC1. The maximum absolute atomic E-state index is 9.51. The number of aliphatic imine (C=N–C) groups is 1. The first-order valence-electron chi connectivity index (χ1n) is 7.68. The average Bonchev–Trinajstić information content (AvgIpc) is 2.63. The van der Waals surface area contributed by atoms with Gasteiger partial charge in [-0.1, -0.05) is 6.07 Å². The predicted molar refractivity (Wildman–Crippen MR) is 97.0 cm³/mol. The van der Waals surface area contributed by atoms with Gasteiger partial charge in [0, 0.05) is 38.6 Å². The third-order valence-electron chi connectivity index (χ3n) is 3.87. The van der Waals surface area contributed by atoms with Gasteiger partial charge in [0.25, 0.3) is 0 Å². The summed E-state index contributed by atoms with van der Waals surface area (Å²) in [6, 6.07) is 7.13. The maximum Gasteiger partial charge on any atom is 0.225 e. The van der Waals surface area contributed by atoms with Crippen LogP contribution >= 0.6 is 15.9 Å². The summed E-state index contributed by atoms with van der Waals surface area (Å²) in [6.45, 7) is 3.67. The van der Waals surface area contributed by atoms with Gasteiger partial charge in [0.1, 0.15) is 5.75 Å². The minimum atomic E-state index is 0.218. The highest BCUT2D eigenvalue weighted by Gasteiger charge is 2.19. The van der Waals surface area contributed by atoms with Crippen molar-refractivity contribution in [2.45, 2.75) is 6.54 Å². The summed E-state index contributed by atoms with van der Waals surface area (Å²) in [5.74, 6) is 1.50. The number of hydrogen-bond donors (Lipinski definition) is 2. The number of rotatable bonds is 3. The molecule has 0 aliphatic carbocycles. The van der Waals surface area contributed by atoms with E-state index in [0.717, 1.165) is 37.7 Å². The van der Waals surface area contributed by atoms with E-state index in [1.165, 1.54) is 0 Å². The molecule has 0 amide bonds. The van der Waals surface area contributed by atoms with E-state index in [1.54, 1.807) is 18.5 Å². The van der Waals surface area contributed by atoms with E-state index in [9.17, 15) is 5.11 Å². The molecule has 0 bridgehead atoms. The molecule has 1 aromatic carbocycles. The third-order valence-corrected chi connectivity index (χ3v) is 4.51. The van der Waals surface area contributed by atoms with Crippen LogP contribution in [0.25, 0.3) is 0 Å². The summed E-state index contributed by atoms with van der Waals surface area (Å²) in [5.41, 5.74) is 7.10. The predicted octanol–water partition coefficient (Wildman–Crippen LogP) is 1.58. The van der Waals surface area contributed by atoms with E-state index < -0.39 is 0 Å². The molecule has 1 saturated heterocycles. The van der Waals surface area contributed by atoms with Crippen molar-refractivity contribution in [2.24, 2.45) is 10.7 Å². The van der Waals surface area contributed by atoms with E-state index in [2.05, 4.69) is 40.7 Å². The highest BCUT2D eigenvalue weighted by Crippen LogP contribution is 2.24. The maximum atomic E-state index is 9.51. The quantitative estimate of drug-likeness (QED) is 0.610. The molecular formula is C16H19BrN6O. The lowest BCUT2D eigenvalue weighted by Gasteiger charge is -2.35. The summed E-state index contributed by atoms with van der Waals surface area (Å²) in [7, 11) is 0. The van der Waals surface area contributed by atoms with E-state index >= 15 is 0 Å². The van der Waals surface area contributed by atoms with Crippen molar-refractivity contribution < 1.29 is 5.11 Å². The Morgan fingerprint density at radius 2 is 1.92 bits per heavy atom. The number of aromatic nitrogens is 2. The lowest BCUT2D eigenvalue weighted by molar-refractivity contribution is 0.378. The van der Waals surface area contributed by atoms with Crippen LogP contribution in [0, 0.1) is 0 Å². The highest BCUT2D eigenvalue weighted by molar-refractivity contribution is 9.10. The molecule has 0 atom stereocenters. The molecular weight excluding hydrogens is 372 g/mol. The molecule has 1 aromatic heterocycles. The lowest BCUT2D eigenvalue weighted by atomic mass is 10.2. The molecule has 0 spiro atoms. The summed E-state index contributed by atoms with van der Waals surface area (Å²) in [5, 5.41) is 9.51. The minimum absolute atomic E-state index is 0.218. The first-order chi connectivity index (χ1) is 11.6. The molecule has 3 N–H and O–H groups in total. The fraction of sp³-hybridized carbons (Fsp3) is 0.312. The average molecular weight is 391 g/mol. The third kappa shape index (κ3) is 3.94. The van der Waals surface area contributed by atoms with Gasteiger partial charge in [0.05, 0.1) is 11.0 Å². The molecule has 8 heteroatoms. The summed E-state index contributed by atoms with van der Waals surface area (Å²) in [6.07, 6.45) is 3.50. The van der Waals surface area contributed by atoms with E-state index in [4.69, 9.17) is 5.73 Å². The van der Waals surface area contributed by atoms with Crippen molar-refractivity contribution in [3.63, 3.8) is 0 Å². The summed E-state index contributed by atoms with van der Waals surface area (Å²) in [4.78, 5) is 17.2. The standard InChI is InChI=1S/C16H19BrN6O/c17-13-10-12(2-3-14(13)24)11-21-15(18)22-6-8-23(9-7-22)16-19-4-1-5-20-16/h1-5,10,24H,6-9,11H2,(H2,18,21). The van der Waals surface area contributed by atoms with Gasteiger partial charge in [-0.25, -0.2) is 15.0 Å². The molecule has 0 unspecified atom stereocenters. The lowest BCUT2D eigenvalue weighted by Crippen LogP contribution is -2.51. The zero-order chi connectivity index (χ0) is 16.9. The van der Waals surface area contributed by atoms with Gasteiger partial charge in [-0.15, -0.1) is 0 Å². The van der Waals surface area contributed by atoms with Crippen molar-refractivity contribution in [3.05, 3.63) is 46.7 Å². The van der Waals surface area contributed by atoms with Crippen LogP contribution in [-0.4, -0.2) is 52.1 Å². The first-order valence-corrected chi connectivity index (χ1v) is 8.47. The Kier molecular flexibility index (Phi) is 5.14. The molecule has 0 saturated carbocycles. The second-order valence-electron chi connectivity index (χ2n) is 5.48. The molecule has 7 nitrogen and oxygen atoms in total. The van der Waals surface area contributed by atoms with Gasteiger partial charge in [-0.2, -0.15) is 0 Å². The van der Waals surface area contributed by atoms with Crippen LogP contribution < -0.4 is 10.6 Å². The van der Waals surface area contributed by atoms with E-state index in [-0.39, 0.29) is 5.75 Å². The number of nitrogens with zero attached hydrogens (tertiary/aromatic N) is 5. The van der Waals surface area contributed by atoms with Crippen LogP contribution in [0.1, 0.15) is 5.56 Å². The molecule has 1 aliphatic heterocycles. The molecule has 2 heterocycles. The smallest absolute Gasteiger partial charge is 0.225 e. The van der Waals surface area contributed by atoms with Gasteiger partial charge >= 0.3 is 0 Å². The monoisotopic (exact) mass is 390 g/mol. The molecule has 126 valence electrons. The van der Waals surface area contributed by atoms with Crippen molar-refractivity contribution in [1.29, 1.82) is 0 Å². The Hall–Kier alpha value is -2.35. The van der Waals surface area contributed by atoms with Gasteiger partial charge in [-0.05, 0) is 39.7 Å². The van der Waals surface area contributed by atoms with Crippen molar-refractivity contribution in [1.82, 2.24) is 14.9 Å². The van der Waals surface area contributed by atoms with Crippen LogP contribution in [0.2, 0.25) is 0 Å². The van der Waals surface area contributed by atoms with Gasteiger partial charge < -0.3 is 20.6 Å². The highest BCUT2D eigenvalue weighted by atomic mass is 79.9. The van der Waals surface area contributed by atoms with Gasteiger partial charge in [-0.3, -0.25) is 0 Å². The van der Waals surface area contributed by atoms with E-state index in [0.29, 0.717) is 17.0 Å². The number of aromatic hydroxyl groups is 1. The molecule has 3 rings (SSSR count). The van der Waals surface area contributed by atoms with Crippen LogP contribution in [0.15, 0.2) is 46.1 Å². The fourth-order valence-corrected chi connectivity index (χ4v) is 2.94. The zero-order valence-corrected chi connectivity index (χ0v) is 14.7. The normalized spacial score (nSPS) is 15.6. The first kappa shape index (κ1) is 16.5. The van der Waals surface area contributed by atoms with Crippen molar-refractivity contribution in [2.75, 3.05) is 31.1 Å². The Balaban J connectivity index is 1.56. The largest absolute Gasteiger partial charge is 0.507 e. The summed E-state index contributed by atoms with van der Waals surface area (Å²) >= 11 is 3.30. The number of phenols is 1.